The number of thioether (sulfide) groups is 1. The number of carbonyl (C=O) groups is 1. The highest BCUT2D eigenvalue weighted by molar-refractivity contribution is 8.00. The molecule has 2 aliphatic heterocycles. The van der Waals surface area contributed by atoms with E-state index >= 15 is 0 Å². The molecule has 3 unspecified atom stereocenters. The van der Waals surface area contributed by atoms with Gasteiger partial charge < -0.3 is 10.2 Å². The Morgan fingerprint density at radius 2 is 2.35 bits per heavy atom. The molecule has 0 spiro atoms. The van der Waals surface area contributed by atoms with Crippen molar-refractivity contribution >= 4 is 17.7 Å². The lowest BCUT2D eigenvalue weighted by Crippen LogP contribution is -2.53. The zero-order chi connectivity index (χ0) is 12.3. The van der Waals surface area contributed by atoms with Crippen LogP contribution in [0, 0.1) is 0 Å². The molecule has 0 aliphatic carbocycles. The van der Waals surface area contributed by atoms with Crippen molar-refractivity contribution < 1.29 is 4.79 Å². The standard InChI is InChI=1S/C13H24N2OS/c1-3-6-13-15(12(16)9-17-13)10(2)11-7-4-5-8-14-11/h10-11,13-14H,3-9H2,1-2H3. The summed E-state index contributed by atoms with van der Waals surface area (Å²) in [5.41, 5.74) is 0. The summed E-state index contributed by atoms with van der Waals surface area (Å²) in [7, 11) is 0. The van der Waals surface area contributed by atoms with Gasteiger partial charge in [0, 0.05) is 12.1 Å². The molecule has 2 aliphatic rings. The Morgan fingerprint density at radius 3 is 3.00 bits per heavy atom. The molecule has 0 aromatic rings. The molecule has 3 atom stereocenters. The van der Waals surface area contributed by atoms with Crippen molar-refractivity contribution in [2.24, 2.45) is 0 Å². The van der Waals surface area contributed by atoms with E-state index in [-0.39, 0.29) is 0 Å². The fourth-order valence-corrected chi connectivity index (χ4v) is 4.28. The van der Waals surface area contributed by atoms with Crippen LogP contribution in [-0.4, -0.2) is 40.6 Å². The summed E-state index contributed by atoms with van der Waals surface area (Å²) in [5.74, 6) is 1.02. The highest BCUT2D eigenvalue weighted by atomic mass is 32.2. The van der Waals surface area contributed by atoms with Crippen LogP contribution in [0.2, 0.25) is 0 Å². The van der Waals surface area contributed by atoms with Crippen LogP contribution in [-0.2, 0) is 4.79 Å². The van der Waals surface area contributed by atoms with Gasteiger partial charge in [0.15, 0.2) is 0 Å². The third-order valence-corrected chi connectivity index (χ3v) is 5.16. The second-order valence-electron chi connectivity index (χ2n) is 5.15. The molecule has 0 saturated carbocycles. The lowest BCUT2D eigenvalue weighted by Gasteiger charge is -2.37. The molecule has 98 valence electrons. The molecule has 2 rings (SSSR count). The van der Waals surface area contributed by atoms with E-state index in [1.54, 1.807) is 0 Å². The summed E-state index contributed by atoms with van der Waals surface area (Å²) >= 11 is 1.82. The van der Waals surface area contributed by atoms with Gasteiger partial charge in [-0.3, -0.25) is 4.79 Å². The van der Waals surface area contributed by atoms with Crippen molar-refractivity contribution in [2.45, 2.75) is 63.4 Å². The fourth-order valence-electron chi connectivity index (χ4n) is 2.93. The maximum Gasteiger partial charge on any atom is 0.233 e. The zero-order valence-electron chi connectivity index (χ0n) is 10.9. The minimum Gasteiger partial charge on any atom is -0.326 e. The first-order valence-electron chi connectivity index (χ1n) is 6.90. The first-order chi connectivity index (χ1) is 8.24. The molecule has 0 radical (unpaired) electrons. The van der Waals surface area contributed by atoms with Crippen molar-refractivity contribution in [3.63, 3.8) is 0 Å². The molecule has 2 saturated heterocycles. The predicted octanol–water partition coefficient (Wildman–Crippen LogP) is 2.22. The minimum absolute atomic E-state index is 0.341. The van der Waals surface area contributed by atoms with Gasteiger partial charge >= 0.3 is 0 Å². The minimum atomic E-state index is 0.341. The summed E-state index contributed by atoms with van der Waals surface area (Å²) in [6.45, 7) is 5.53. The van der Waals surface area contributed by atoms with Gasteiger partial charge in [-0.15, -0.1) is 11.8 Å². The van der Waals surface area contributed by atoms with Gasteiger partial charge in [-0.25, -0.2) is 0 Å². The number of nitrogens with one attached hydrogen (secondary N) is 1. The van der Waals surface area contributed by atoms with Crippen molar-refractivity contribution in [1.29, 1.82) is 0 Å². The Balaban J connectivity index is 1.99. The largest absolute Gasteiger partial charge is 0.326 e. The second kappa shape index (κ2) is 6.10. The Labute approximate surface area is 109 Å². The first-order valence-corrected chi connectivity index (χ1v) is 7.95. The topological polar surface area (TPSA) is 32.3 Å². The third-order valence-electron chi connectivity index (χ3n) is 3.90. The van der Waals surface area contributed by atoms with E-state index in [4.69, 9.17) is 0 Å². The molecule has 0 aromatic carbocycles. The molecule has 1 amide bonds. The normalized spacial score (nSPS) is 31.9. The van der Waals surface area contributed by atoms with E-state index in [1.807, 2.05) is 11.8 Å². The predicted molar refractivity (Wildman–Crippen MR) is 73.1 cm³/mol. The highest BCUT2D eigenvalue weighted by Gasteiger charge is 2.37. The SMILES string of the molecule is CCCC1SCC(=O)N1C(C)C1CCCCN1. The van der Waals surface area contributed by atoms with Gasteiger partial charge in [-0.1, -0.05) is 19.8 Å². The summed E-state index contributed by atoms with van der Waals surface area (Å²) in [6.07, 6.45) is 6.09. The van der Waals surface area contributed by atoms with Crippen molar-refractivity contribution in [1.82, 2.24) is 10.2 Å². The molecule has 4 heteroatoms. The van der Waals surface area contributed by atoms with E-state index in [9.17, 15) is 4.79 Å². The quantitative estimate of drug-likeness (QED) is 0.837. The highest BCUT2D eigenvalue weighted by Crippen LogP contribution is 2.32. The zero-order valence-corrected chi connectivity index (χ0v) is 11.8. The maximum atomic E-state index is 12.0. The van der Waals surface area contributed by atoms with Crippen LogP contribution in [0.4, 0.5) is 0 Å². The van der Waals surface area contributed by atoms with Crippen LogP contribution in [0.15, 0.2) is 0 Å². The number of hydrogen-bond acceptors (Lipinski definition) is 3. The van der Waals surface area contributed by atoms with E-state index < -0.39 is 0 Å². The lowest BCUT2D eigenvalue weighted by atomic mass is 9.97. The number of piperidine rings is 1. The second-order valence-corrected chi connectivity index (χ2v) is 6.32. The van der Waals surface area contributed by atoms with E-state index in [0.717, 1.165) is 19.4 Å². The fraction of sp³-hybridized carbons (Fsp3) is 0.923. The summed E-state index contributed by atoms with van der Waals surface area (Å²) in [4.78, 5) is 14.2. The Hall–Kier alpha value is -0.220. The molecule has 0 aromatic heterocycles. The van der Waals surface area contributed by atoms with Gasteiger partial charge in [0.25, 0.3) is 0 Å². The van der Waals surface area contributed by atoms with Crippen LogP contribution in [0.5, 0.6) is 0 Å². The van der Waals surface area contributed by atoms with Gasteiger partial charge in [0.2, 0.25) is 5.91 Å². The van der Waals surface area contributed by atoms with Gasteiger partial charge in [0.1, 0.15) is 0 Å². The molecule has 17 heavy (non-hydrogen) atoms. The third kappa shape index (κ3) is 2.97. The number of nitrogens with zero attached hydrogens (tertiary/aromatic N) is 1. The molecule has 2 fully saturated rings. The number of hydrogen-bond donors (Lipinski definition) is 1. The van der Waals surface area contributed by atoms with Crippen molar-refractivity contribution in [3.05, 3.63) is 0 Å². The van der Waals surface area contributed by atoms with Crippen LogP contribution in [0.1, 0.15) is 46.0 Å². The Morgan fingerprint density at radius 1 is 1.53 bits per heavy atom. The van der Waals surface area contributed by atoms with Crippen LogP contribution < -0.4 is 5.32 Å². The number of carbonyl (C=O) groups excluding carboxylic acids is 1. The molecule has 0 bridgehead atoms. The summed E-state index contributed by atoms with van der Waals surface area (Å²) in [6, 6.07) is 0.861. The van der Waals surface area contributed by atoms with E-state index in [0.29, 0.717) is 29.1 Å². The smallest absolute Gasteiger partial charge is 0.233 e. The van der Waals surface area contributed by atoms with E-state index in [2.05, 4.69) is 24.1 Å². The summed E-state index contributed by atoms with van der Waals surface area (Å²) < 4.78 is 0. The van der Waals surface area contributed by atoms with Crippen LogP contribution in [0.3, 0.4) is 0 Å². The molecular weight excluding hydrogens is 232 g/mol. The number of rotatable bonds is 4. The van der Waals surface area contributed by atoms with Gasteiger partial charge in [-0.2, -0.15) is 0 Å². The van der Waals surface area contributed by atoms with Crippen LogP contribution >= 0.6 is 11.8 Å². The Bertz CT molecular complexity index is 266. The monoisotopic (exact) mass is 256 g/mol. The van der Waals surface area contributed by atoms with Gasteiger partial charge in [0.05, 0.1) is 11.1 Å². The average molecular weight is 256 g/mol. The molecule has 2 heterocycles. The number of amides is 1. The first kappa shape index (κ1) is 13.2. The molecule has 1 N–H and O–H groups in total. The molecular formula is C13H24N2OS. The average Bonchev–Trinajstić information content (AvgIpc) is 2.71. The van der Waals surface area contributed by atoms with E-state index in [1.165, 1.54) is 19.3 Å². The van der Waals surface area contributed by atoms with Gasteiger partial charge in [-0.05, 0) is 32.7 Å². The van der Waals surface area contributed by atoms with Crippen LogP contribution in [0.25, 0.3) is 0 Å². The lowest BCUT2D eigenvalue weighted by molar-refractivity contribution is -0.130. The molecule has 3 nitrogen and oxygen atoms in total. The van der Waals surface area contributed by atoms with Crippen molar-refractivity contribution in [3.8, 4) is 0 Å². The summed E-state index contributed by atoms with van der Waals surface area (Å²) in [5, 5.41) is 4.00. The van der Waals surface area contributed by atoms with Crippen molar-refractivity contribution in [2.75, 3.05) is 12.3 Å². The Kier molecular flexibility index (Phi) is 4.74. The maximum absolute atomic E-state index is 12.0.